The van der Waals surface area contributed by atoms with Crippen molar-refractivity contribution >= 4 is 11.3 Å². The van der Waals surface area contributed by atoms with Crippen LogP contribution in [-0.2, 0) is 0 Å². The highest BCUT2D eigenvalue weighted by molar-refractivity contribution is 7.10. The highest BCUT2D eigenvalue weighted by Crippen LogP contribution is 2.42. The van der Waals surface area contributed by atoms with Gasteiger partial charge in [-0.3, -0.25) is 0 Å². The van der Waals surface area contributed by atoms with E-state index in [0.29, 0.717) is 6.42 Å². The van der Waals surface area contributed by atoms with E-state index in [-0.39, 0.29) is 24.8 Å². The number of hydrogen-bond acceptors (Lipinski definition) is 2. The lowest BCUT2D eigenvalue weighted by atomic mass is 9.97. The Kier molecular flexibility index (Phi) is 4.73. The Hall–Kier alpha value is -0.480. The van der Waals surface area contributed by atoms with Crippen LogP contribution in [0.1, 0.15) is 49.9 Å². The van der Waals surface area contributed by atoms with Gasteiger partial charge < -0.3 is 5.32 Å². The molecule has 0 aliphatic heterocycles. The van der Waals surface area contributed by atoms with E-state index < -0.39 is 5.92 Å². The smallest absolute Gasteiger partial charge is 0.248 e. The summed E-state index contributed by atoms with van der Waals surface area (Å²) in [5.74, 6) is -2.26. The quantitative estimate of drug-likeness (QED) is 0.798. The predicted molar refractivity (Wildman–Crippen MR) is 72.3 cm³/mol. The van der Waals surface area contributed by atoms with Gasteiger partial charge in [0.15, 0.2) is 0 Å². The first kappa shape index (κ1) is 13.9. The van der Waals surface area contributed by atoms with Crippen LogP contribution in [0.15, 0.2) is 17.5 Å². The standard InChI is InChI=1S/C14H21F2NS/c1-2-7-17-12(13-4-3-8-18-13)9-11-5-6-14(15,16)10-11/h3-4,8,11-12,17H,2,5-7,9-10H2,1H3. The molecule has 1 aromatic heterocycles. The van der Waals surface area contributed by atoms with Gasteiger partial charge in [0.05, 0.1) is 0 Å². The number of thiophene rings is 1. The van der Waals surface area contributed by atoms with Crippen LogP contribution < -0.4 is 5.32 Å². The SMILES string of the molecule is CCCNC(CC1CCC(F)(F)C1)c1cccs1. The summed E-state index contributed by atoms with van der Waals surface area (Å²) in [5.41, 5.74) is 0. The first-order chi connectivity index (χ1) is 8.61. The summed E-state index contributed by atoms with van der Waals surface area (Å²) in [6, 6.07) is 4.39. The number of alkyl halides is 2. The van der Waals surface area contributed by atoms with Crippen molar-refractivity contribution in [1.82, 2.24) is 5.32 Å². The predicted octanol–water partition coefficient (Wildman–Crippen LogP) is 4.61. The molecule has 0 spiro atoms. The zero-order valence-corrected chi connectivity index (χ0v) is 11.6. The summed E-state index contributed by atoms with van der Waals surface area (Å²) in [7, 11) is 0. The maximum absolute atomic E-state index is 13.2. The Balaban J connectivity index is 1.93. The van der Waals surface area contributed by atoms with Gasteiger partial charge in [0.2, 0.25) is 5.92 Å². The number of rotatable bonds is 6. The summed E-state index contributed by atoms with van der Waals surface area (Å²) in [6.07, 6.45) is 2.73. The molecule has 1 heterocycles. The fourth-order valence-corrected chi connectivity index (χ4v) is 3.50. The number of halogens is 2. The van der Waals surface area contributed by atoms with E-state index in [2.05, 4.69) is 23.7 Å². The second kappa shape index (κ2) is 6.11. The molecule has 18 heavy (non-hydrogen) atoms. The Bertz CT molecular complexity index is 351. The van der Waals surface area contributed by atoms with Crippen molar-refractivity contribution in [3.05, 3.63) is 22.4 Å². The normalized spacial score (nSPS) is 24.3. The van der Waals surface area contributed by atoms with Crippen LogP contribution in [0, 0.1) is 5.92 Å². The van der Waals surface area contributed by atoms with Crippen molar-refractivity contribution in [3.8, 4) is 0 Å². The Morgan fingerprint density at radius 2 is 2.39 bits per heavy atom. The molecule has 0 radical (unpaired) electrons. The van der Waals surface area contributed by atoms with E-state index in [1.165, 1.54) is 4.88 Å². The molecule has 1 nitrogen and oxygen atoms in total. The fourth-order valence-electron chi connectivity index (χ4n) is 2.68. The van der Waals surface area contributed by atoms with E-state index in [1.54, 1.807) is 11.3 Å². The molecule has 1 N–H and O–H groups in total. The van der Waals surface area contributed by atoms with Crippen LogP contribution in [0.3, 0.4) is 0 Å². The third kappa shape index (κ3) is 3.75. The van der Waals surface area contributed by atoms with Gasteiger partial charge in [0.25, 0.3) is 0 Å². The molecule has 102 valence electrons. The van der Waals surface area contributed by atoms with Crippen LogP contribution in [0.25, 0.3) is 0 Å². The van der Waals surface area contributed by atoms with Crippen molar-refractivity contribution in [2.24, 2.45) is 5.92 Å². The summed E-state index contributed by atoms with van der Waals surface area (Å²) in [5, 5.41) is 5.55. The number of nitrogens with one attached hydrogen (secondary N) is 1. The van der Waals surface area contributed by atoms with Gasteiger partial charge in [-0.15, -0.1) is 11.3 Å². The molecule has 2 atom stereocenters. The van der Waals surface area contributed by atoms with Gasteiger partial charge >= 0.3 is 0 Å². The van der Waals surface area contributed by atoms with Crippen molar-refractivity contribution in [3.63, 3.8) is 0 Å². The van der Waals surface area contributed by atoms with Gasteiger partial charge in [0, 0.05) is 23.8 Å². The highest BCUT2D eigenvalue weighted by atomic mass is 32.1. The molecule has 1 saturated carbocycles. The molecule has 0 saturated heterocycles. The molecular weight excluding hydrogens is 252 g/mol. The second-order valence-electron chi connectivity index (χ2n) is 5.22. The minimum Gasteiger partial charge on any atom is -0.309 e. The van der Waals surface area contributed by atoms with Gasteiger partial charge in [-0.2, -0.15) is 0 Å². The topological polar surface area (TPSA) is 12.0 Å². The fraction of sp³-hybridized carbons (Fsp3) is 0.714. The minimum atomic E-state index is -2.42. The second-order valence-corrected chi connectivity index (χ2v) is 6.20. The lowest BCUT2D eigenvalue weighted by Gasteiger charge is -2.21. The van der Waals surface area contributed by atoms with E-state index >= 15 is 0 Å². The molecular formula is C14H21F2NS. The van der Waals surface area contributed by atoms with Crippen LogP contribution in [0.2, 0.25) is 0 Å². The first-order valence-corrected chi connectivity index (χ1v) is 7.63. The Morgan fingerprint density at radius 3 is 2.94 bits per heavy atom. The molecule has 4 heteroatoms. The van der Waals surface area contributed by atoms with Gasteiger partial charge in [-0.05, 0) is 43.2 Å². The molecule has 2 unspecified atom stereocenters. The number of hydrogen-bond donors (Lipinski definition) is 1. The zero-order chi connectivity index (χ0) is 13.0. The van der Waals surface area contributed by atoms with Crippen molar-refractivity contribution in [1.29, 1.82) is 0 Å². The molecule has 0 aromatic carbocycles. The highest BCUT2D eigenvalue weighted by Gasteiger charge is 2.40. The average Bonchev–Trinajstić information content (AvgIpc) is 2.94. The Morgan fingerprint density at radius 1 is 1.56 bits per heavy atom. The third-order valence-corrected chi connectivity index (χ3v) is 4.59. The van der Waals surface area contributed by atoms with E-state index in [1.807, 2.05) is 6.07 Å². The summed E-state index contributed by atoms with van der Waals surface area (Å²) in [4.78, 5) is 1.28. The summed E-state index contributed by atoms with van der Waals surface area (Å²) in [6.45, 7) is 3.08. The van der Waals surface area contributed by atoms with Crippen LogP contribution in [0.5, 0.6) is 0 Å². The lowest BCUT2D eigenvalue weighted by molar-refractivity contribution is 0.00432. The molecule has 0 bridgehead atoms. The van der Waals surface area contributed by atoms with Crippen LogP contribution in [-0.4, -0.2) is 12.5 Å². The summed E-state index contributed by atoms with van der Waals surface area (Å²) < 4.78 is 26.4. The zero-order valence-electron chi connectivity index (χ0n) is 10.8. The largest absolute Gasteiger partial charge is 0.309 e. The summed E-state index contributed by atoms with van der Waals surface area (Å²) >= 11 is 1.71. The molecule has 1 fully saturated rings. The van der Waals surface area contributed by atoms with Crippen LogP contribution in [0.4, 0.5) is 8.78 Å². The van der Waals surface area contributed by atoms with E-state index in [4.69, 9.17) is 0 Å². The van der Waals surface area contributed by atoms with Crippen molar-refractivity contribution in [2.75, 3.05) is 6.54 Å². The van der Waals surface area contributed by atoms with E-state index in [0.717, 1.165) is 19.4 Å². The Labute approximate surface area is 112 Å². The van der Waals surface area contributed by atoms with Gasteiger partial charge in [0.1, 0.15) is 0 Å². The lowest BCUT2D eigenvalue weighted by Crippen LogP contribution is -2.23. The molecule has 1 aliphatic carbocycles. The van der Waals surface area contributed by atoms with Crippen LogP contribution >= 0.6 is 11.3 Å². The molecule has 1 aromatic rings. The van der Waals surface area contributed by atoms with E-state index in [9.17, 15) is 8.78 Å². The van der Waals surface area contributed by atoms with Crippen molar-refractivity contribution in [2.45, 2.75) is 51.0 Å². The van der Waals surface area contributed by atoms with Gasteiger partial charge in [-0.25, -0.2) is 8.78 Å². The maximum Gasteiger partial charge on any atom is 0.248 e. The molecule has 1 aliphatic rings. The minimum absolute atomic E-state index is 0.0720. The third-order valence-electron chi connectivity index (χ3n) is 3.60. The molecule has 0 amide bonds. The molecule has 2 rings (SSSR count). The van der Waals surface area contributed by atoms with Crippen molar-refractivity contribution < 1.29 is 8.78 Å². The maximum atomic E-state index is 13.2. The van der Waals surface area contributed by atoms with Gasteiger partial charge in [-0.1, -0.05) is 13.0 Å². The average molecular weight is 273 g/mol. The first-order valence-electron chi connectivity index (χ1n) is 6.75. The monoisotopic (exact) mass is 273 g/mol.